The summed E-state index contributed by atoms with van der Waals surface area (Å²) in [5, 5.41) is 6.52. The first-order valence-electron chi connectivity index (χ1n) is 5.96. The van der Waals surface area contributed by atoms with Crippen molar-refractivity contribution in [3.05, 3.63) is 34.6 Å². The summed E-state index contributed by atoms with van der Waals surface area (Å²) in [6, 6.07) is 2.06. The summed E-state index contributed by atoms with van der Waals surface area (Å²) in [7, 11) is 1.75. The van der Waals surface area contributed by atoms with E-state index in [-0.39, 0.29) is 11.9 Å². The van der Waals surface area contributed by atoms with E-state index in [1.165, 1.54) is 6.33 Å². The van der Waals surface area contributed by atoms with E-state index in [0.29, 0.717) is 18.1 Å². The van der Waals surface area contributed by atoms with Crippen molar-refractivity contribution in [2.24, 2.45) is 0 Å². The lowest BCUT2D eigenvalue weighted by Gasteiger charge is -2.18. The number of aromatic nitrogens is 4. The van der Waals surface area contributed by atoms with Crippen molar-refractivity contribution in [1.29, 1.82) is 0 Å². The lowest BCUT2D eigenvalue weighted by Crippen LogP contribution is -2.29. The fourth-order valence-corrected chi connectivity index (χ4v) is 2.28. The Morgan fingerprint density at radius 3 is 2.89 bits per heavy atom. The van der Waals surface area contributed by atoms with Crippen LogP contribution in [0.5, 0.6) is 0 Å². The first-order valence-corrected chi connectivity index (χ1v) is 6.75. The van der Waals surface area contributed by atoms with Crippen LogP contribution in [-0.2, 0) is 6.54 Å². The van der Waals surface area contributed by atoms with Gasteiger partial charge in [-0.1, -0.05) is 0 Å². The summed E-state index contributed by atoms with van der Waals surface area (Å²) < 4.78 is 2.85. The molecule has 0 fully saturated rings. The molecule has 0 aliphatic rings. The topological polar surface area (TPSA) is 66.8 Å². The number of amides is 1. The highest BCUT2D eigenvalue weighted by Crippen LogP contribution is 2.20. The molecule has 0 atom stereocenters. The van der Waals surface area contributed by atoms with E-state index in [2.05, 4.69) is 31.1 Å². The third kappa shape index (κ3) is 3.04. The van der Waals surface area contributed by atoms with Crippen molar-refractivity contribution in [2.75, 3.05) is 7.05 Å². The van der Waals surface area contributed by atoms with Crippen LogP contribution in [0.25, 0.3) is 0 Å². The van der Waals surface area contributed by atoms with Crippen LogP contribution in [0.2, 0.25) is 0 Å². The number of aromatic amines is 1. The van der Waals surface area contributed by atoms with Gasteiger partial charge >= 0.3 is 0 Å². The zero-order valence-electron chi connectivity index (χ0n) is 11.1. The Bertz CT molecular complexity index is 561. The maximum atomic E-state index is 12.4. The van der Waals surface area contributed by atoms with E-state index < -0.39 is 0 Å². The highest BCUT2D eigenvalue weighted by Gasteiger charge is 2.19. The zero-order chi connectivity index (χ0) is 14.0. The largest absolute Gasteiger partial charge is 0.340 e. The standard InChI is InChI=1S/C12H16BrN5O/c1-8(2)18-5-9(13)4-10(18)12(19)17(3)6-11-14-7-15-16-11/h4-5,7-8H,6H2,1-3H3,(H,14,15,16). The number of carbonyl (C=O) groups excluding carboxylic acids is 1. The molecule has 102 valence electrons. The van der Waals surface area contributed by atoms with Crippen molar-refractivity contribution in [2.45, 2.75) is 26.4 Å². The van der Waals surface area contributed by atoms with Crippen molar-refractivity contribution < 1.29 is 4.79 Å². The molecule has 0 aliphatic carbocycles. The van der Waals surface area contributed by atoms with E-state index >= 15 is 0 Å². The number of nitrogens with zero attached hydrogens (tertiary/aromatic N) is 4. The summed E-state index contributed by atoms with van der Waals surface area (Å²) in [5.41, 5.74) is 0.656. The van der Waals surface area contributed by atoms with Crippen molar-refractivity contribution in [3.8, 4) is 0 Å². The van der Waals surface area contributed by atoms with Gasteiger partial charge in [-0.25, -0.2) is 4.98 Å². The molecule has 6 nitrogen and oxygen atoms in total. The van der Waals surface area contributed by atoms with Gasteiger partial charge in [-0.2, -0.15) is 5.10 Å². The van der Waals surface area contributed by atoms with Crippen LogP contribution in [0, 0.1) is 0 Å². The molecule has 19 heavy (non-hydrogen) atoms. The Balaban J connectivity index is 2.19. The van der Waals surface area contributed by atoms with Gasteiger partial charge in [-0.05, 0) is 35.8 Å². The molecule has 1 amide bonds. The summed E-state index contributed by atoms with van der Waals surface area (Å²) in [5.74, 6) is 0.619. The van der Waals surface area contributed by atoms with Crippen molar-refractivity contribution in [3.63, 3.8) is 0 Å². The summed E-state index contributed by atoms with van der Waals surface area (Å²) in [6.45, 7) is 4.49. The molecule has 0 spiro atoms. The van der Waals surface area contributed by atoms with E-state index in [4.69, 9.17) is 0 Å². The van der Waals surface area contributed by atoms with Gasteiger partial charge in [-0.15, -0.1) is 0 Å². The number of hydrogen-bond donors (Lipinski definition) is 1. The van der Waals surface area contributed by atoms with Gasteiger partial charge in [0.15, 0.2) is 0 Å². The van der Waals surface area contributed by atoms with Crippen molar-refractivity contribution >= 4 is 21.8 Å². The highest BCUT2D eigenvalue weighted by molar-refractivity contribution is 9.10. The Hall–Kier alpha value is -1.63. The number of H-pyrrole nitrogens is 1. The number of carbonyl (C=O) groups is 1. The Morgan fingerprint density at radius 2 is 2.32 bits per heavy atom. The Kier molecular flexibility index (Phi) is 4.04. The fraction of sp³-hybridized carbons (Fsp3) is 0.417. The van der Waals surface area contributed by atoms with Crippen LogP contribution in [0.1, 0.15) is 36.2 Å². The number of hydrogen-bond acceptors (Lipinski definition) is 3. The van der Waals surface area contributed by atoms with Gasteiger partial charge in [-0.3, -0.25) is 9.89 Å². The van der Waals surface area contributed by atoms with Gasteiger partial charge < -0.3 is 9.47 Å². The zero-order valence-corrected chi connectivity index (χ0v) is 12.7. The minimum atomic E-state index is -0.0456. The molecular formula is C12H16BrN5O. The minimum absolute atomic E-state index is 0.0456. The smallest absolute Gasteiger partial charge is 0.270 e. The molecule has 2 rings (SSSR count). The third-order valence-corrected chi connectivity index (χ3v) is 3.22. The molecule has 2 aromatic heterocycles. The predicted octanol–water partition coefficient (Wildman–Crippen LogP) is 2.22. The normalized spacial score (nSPS) is 11.0. The molecular weight excluding hydrogens is 310 g/mol. The number of halogens is 1. The fourth-order valence-electron chi connectivity index (χ4n) is 1.84. The second-order valence-electron chi connectivity index (χ2n) is 4.64. The maximum Gasteiger partial charge on any atom is 0.270 e. The van der Waals surface area contributed by atoms with Gasteiger partial charge in [0.25, 0.3) is 5.91 Å². The summed E-state index contributed by atoms with van der Waals surface area (Å²) in [4.78, 5) is 18.1. The molecule has 0 saturated carbocycles. The minimum Gasteiger partial charge on any atom is -0.340 e. The lowest BCUT2D eigenvalue weighted by atomic mass is 10.3. The van der Waals surface area contributed by atoms with Gasteiger partial charge in [0, 0.05) is 23.8 Å². The number of nitrogens with one attached hydrogen (secondary N) is 1. The van der Waals surface area contributed by atoms with Crippen LogP contribution in [0.4, 0.5) is 0 Å². The van der Waals surface area contributed by atoms with Crippen LogP contribution < -0.4 is 0 Å². The quantitative estimate of drug-likeness (QED) is 0.937. The van der Waals surface area contributed by atoms with Crippen LogP contribution in [0.3, 0.4) is 0 Å². The average molecular weight is 326 g/mol. The van der Waals surface area contributed by atoms with Crippen LogP contribution in [0.15, 0.2) is 23.1 Å². The Morgan fingerprint density at radius 1 is 1.58 bits per heavy atom. The predicted molar refractivity (Wildman–Crippen MR) is 74.7 cm³/mol. The SMILES string of the molecule is CC(C)n1cc(Br)cc1C(=O)N(C)Cc1ncn[nH]1. The molecule has 0 unspecified atom stereocenters. The molecule has 0 bridgehead atoms. The first kappa shape index (κ1) is 13.8. The monoisotopic (exact) mass is 325 g/mol. The van der Waals surface area contributed by atoms with Gasteiger partial charge in [0.05, 0.1) is 6.54 Å². The first-order chi connectivity index (χ1) is 8.99. The number of rotatable bonds is 4. The van der Waals surface area contributed by atoms with Gasteiger partial charge in [0.2, 0.25) is 0 Å². The van der Waals surface area contributed by atoms with E-state index in [1.807, 2.05) is 30.7 Å². The molecule has 0 aromatic carbocycles. The summed E-state index contributed by atoms with van der Waals surface area (Å²) in [6.07, 6.45) is 3.35. The van der Waals surface area contributed by atoms with Crippen LogP contribution >= 0.6 is 15.9 Å². The van der Waals surface area contributed by atoms with E-state index in [1.54, 1.807) is 11.9 Å². The second kappa shape index (κ2) is 5.56. The molecule has 0 aliphatic heterocycles. The van der Waals surface area contributed by atoms with Gasteiger partial charge in [0.1, 0.15) is 17.8 Å². The molecule has 2 aromatic rings. The highest BCUT2D eigenvalue weighted by atomic mass is 79.9. The molecule has 1 N–H and O–H groups in total. The summed E-state index contributed by atoms with van der Waals surface area (Å²) >= 11 is 3.41. The second-order valence-corrected chi connectivity index (χ2v) is 5.55. The third-order valence-electron chi connectivity index (χ3n) is 2.79. The van der Waals surface area contributed by atoms with Crippen LogP contribution in [-0.4, -0.2) is 37.6 Å². The molecule has 0 radical (unpaired) electrons. The lowest BCUT2D eigenvalue weighted by molar-refractivity contribution is 0.0769. The molecule has 7 heteroatoms. The molecule has 0 saturated heterocycles. The Labute approximate surface area is 120 Å². The maximum absolute atomic E-state index is 12.4. The van der Waals surface area contributed by atoms with Crippen molar-refractivity contribution in [1.82, 2.24) is 24.6 Å². The van der Waals surface area contributed by atoms with E-state index in [9.17, 15) is 4.79 Å². The van der Waals surface area contributed by atoms with E-state index in [0.717, 1.165) is 4.47 Å². The average Bonchev–Trinajstić information content (AvgIpc) is 2.97. The molecule has 2 heterocycles.